The van der Waals surface area contributed by atoms with Crippen molar-refractivity contribution >= 4 is 23.3 Å². The van der Waals surface area contributed by atoms with Crippen LogP contribution in [-0.2, 0) is 19.7 Å². The van der Waals surface area contributed by atoms with Crippen LogP contribution in [0.3, 0.4) is 0 Å². The molecule has 0 bridgehead atoms. The van der Waals surface area contributed by atoms with Crippen molar-refractivity contribution in [3.05, 3.63) is 64.0 Å². The SMILES string of the molecule is COc1ccc([N+](=O)[O-])cc1NC(=O)[C@H](C)OC(=O)C1(c2ccccc2F)CCCC1. The van der Waals surface area contributed by atoms with Gasteiger partial charge in [-0.25, -0.2) is 4.39 Å². The van der Waals surface area contributed by atoms with Crippen molar-refractivity contribution in [2.45, 2.75) is 44.1 Å². The molecule has 1 saturated carbocycles. The van der Waals surface area contributed by atoms with E-state index in [1.54, 1.807) is 18.2 Å². The van der Waals surface area contributed by atoms with E-state index in [4.69, 9.17) is 9.47 Å². The monoisotopic (exact) mass is 430 g/mol. The van der Waals surface area contributed by atoms with Crippen molar-refractivity contribution in [2.75, 3.05) is 12.4 Å². The third kappa shape index (κ3) is 4.50. The number of methoxy groups -OCH3 is 1. The lowest BCUT2D eigenvalue weighted by molar-refractivity contribution is -0.384. The molecule has 8 nitrogen and oxygen atoms in total. The summed E-state index contributed by atoms with van der Waals surface area (Å²) in [5.41, 5.74) is -1.02. The Hall–Kier alpha value is -3.49. The number of hydrogen-bond donors (Lipinski definition) is 1. The van der Waals surface area contributed by atoms with Crippen LogP contribution in [0.5, 0.6) is 5.75 Å². The van der Waals surface area contributed by atoms with Crippen LogP contribution in [0, 0.1) is 15.9 Å². The number of ether oxygens (including phenoxy) is 2. The van der Waals surface area contributed by atoms with Gasteiger partial charge in [0.2, 0.25) is 0 Å². The second kappa shape index (κ2) is 9.11. The van der Waals surface area contributed by atoms with Gasteiger partial charge in [-0.05, 0) is 31.9 Å². The molecule has 164 valence electrons. The van der Waals surface area contributed by atoms with Crippen LogP contribution in [0.2, 0.25) is 0 Å². The van der Waals surface area contributed by atoms with Gasteiger partial charge in [0, 0.05) is 17.7 Å². The molecule has 0 saturated heterocycles. The number of benzene rings is 2. The topological polar surface area (TPSA) is 108 Å². The summed E-state index contributed by atoms with van der Waals surface area (Å²) < 4.78 is 25.0. The highest BCUT2D eigenvalue weighted by molar-refractivity contribution is 5.97. The van der Waals surface area contributed by atoms with E-state index in [0.29, 0.717) is 12.8 Å². The molecule has 9 heteroatoms. The molecule has 0 spiro atoms. The molecule has 0 aliphatic heterocycles. The average Bonchev–Trinajstić information content (AvgIpc) is 3.25. The highest BCUT2D eigenvalue weighted by Crippen LogP contribution is 2.43. The fourth-order valence-electron chi connectivity index (χ4n) is 3.88. The molecular weight excluding hydrogens is 407 g/mol. The first-order valence-electron chi connectivity index (χ1n) is 9.88. The summed E-state index contributed by atoms with van der Waals surface area (Å²) in [6, 6.07) is 9.84. The average molecular weight is 430 g/mol. The molecule has 1 aliphatic rings. The second-order valence-corrected chi connectivity index (χ2v) is 7.45. The van der Waals surface area contributed by atoms with Crippen LogP contribution in [-0.4, -0.2) is 30.0 Å². The summed E-state index contributed by atoms with van der Waals surface area (Å²) >= 11 is 0. The molecule has 0 heterocycles. The molecule has 1 amide bonds. The zero-order valence-corrected chi connectivity index (χ0v) is 17.2. The Morgan fingerprint density at radius 2 is 1.87 bits per heavy atom. The van der Waals surface area contributed by atoms with Crippen molar-refractivity contribution in [3.63, 3.8) is 0 Å². The molecule has 0 radical (unpaired) electrons. The molecule has 1 aliphatic carbocycles. The van der Waals surface area contributed by atoms with Crippen molar-refractivity contribution in [3.8, 4) is 5.75 Å². The first-order chi connectivity index (χ1) is 14.8. The minimum absolute atomic E-state index is 0.0780. The maximum absolute atomic E-state index is 14.5. The number of rotatable bonds is 7. The Labute approximate surface area is 178 Å². The predicted octanol–water partition coefficient (Wildman–Crippen LogP) is 4.12. The van der Waals surface area contributed by atoms with Gasteiger partial charge in [0.05, 0.1) is 23.1 Å². The van der Waals surface area contributed by atoms with Crippen molar-refractivity contribution < 1.29 is 28.4 Å². The van der Waals surface area contributed by atoms with Gasteiger partial charge in [0.1, 0.15) is 11.6 Å². The standard InChI is InChI=1S/C22H23FN2O6/c1-14(20(26)24-18-13-15(25(28)29)9-10-19(18)30-2)31-21(27)22(11-5-6-12-22)16-7-3-4-8-17(16)23/h3-4,7-10,13-14H,5-6,11-12H2,1-2H3,(H,24,26)/t14-/m0/s1. The molecule has 2 aromatic carbocycles. The van der Waals surface area contributed by atoms with E-state index in [1.165, 1.54) is 32.2 Å². The maximum atomic E-state index is 14.5. The quantitative estimate of drug-likeness (QED) is 0.402. The Kier molecular flexibility index (Phi) is 6.53. The Bertz CT molecular complexity index is 1000. The number of halogens is 1. The molecule has 3 rings (SSSR count). The van der Waals surface area contributed by atoms with Crippen LogP contribution in [0.4, 0.5) is 15.8 Å². The summed E-state index contributed by atoms with van der Waals surface area (Å²) in [5, 5.41) is 13.5. The third-order valence-corrected chi connectivity index (χ3v) is 5.54. The molecule has 0 aromatic heterocycles. The second-order valence-electron chi connectivity index (χ2n) is 7.45. The summed E-state index contributed by atoms with van der Waals surface area (Å²) in [7, 11) is 1.36. The molecule has 1 atom stereocenters. The van der Waals surface area contributed by atoms with Gasteiger partial charge in [0.25, 0.3) is 11.6 Å². The van der Waals surface area contributed by atoms with E-state index >= 15 is 0 Å². The number of nitro benzene ring substituents is 1. The molecule has 0 unspecified atom stereocenters. The lowest BCUT2D eigenvalue weighted by Crippen LogP contribution is -2.40. The highest BCUT2D eigenvalue weighted by Gasteiger charge is 2.46. The number of nitrogens with one attached hydrogen (secondary N) is 1. The van der Waals surface area contributed by atoms with Crippen LogP contribution in [0.15, 0.2) is 42.5 Å². The van der Waals surface area contributed by atoms with Gasteiger partial charge in [-0.15, -0.1) is 0 Å². The van der Waals surface area contributed by atoms with Gasteiger partial charge in [0.15, 0.2) is 6.10 Å². The minimum atomic E-state index is -1.21. The van der Waals surface area contributed by atoms with E-state index in [9.17, 15) is 24.1 Å². The van der Waals surface area contributed by atoms with E-state index < -0.39 is 34.1 Å². The van der Waals surface area contributed by atoms with Crippen LogP contribution >= 0.6 is 0 Å². The van der Waals surface area contributed by atoms with Gasteiger partial charge < -0.3 is 14.8 Å². The van der Waals surface area contributed by atoms with Gasteiger partial charge in [-0.3, -0.25) is 19.7 Å². The maximum Gasteiger partial charge on any atom is 0.317 e. The number of carbonyl (C=O) groups is 2. The van der Waals surface area contributed by atoms with Crippen molar-refractivity contribution in [1.82, 2.24) is 0 Å². The number of non-ortho nitro benzene ring substituents is 1. The highest BCUT2D eigenvalue weighted by atomic mass is 19.1. The van der Waals surface area contributed by atoms with E-state index in [-0.39, 0.29) is 22.7 Å². The lowest BCUT2D eigenvalue weighted by atomic mass is 9.78. The number of anilines is 1. The number of nitrogens with zero attached hydrogens (tertiary/aromatic N) is 1. The molecule has 2 aromatic rings. The number of hydrogen-bond acceptors (Lipinski definition) is 6. The number of nitro groups is 1. The predicted molar refractivity (Wildman–Crippen MR) is 110 cm³/mol. The van der Waals surface area contributed by atoms with Crippen LogP contribution < -0.4 is 10.1 Å². The summed E-state index contributed by atoms with van der Waals surface area (Å²) in [4.78, 5) is 36.1. The molecule has 1 N–H and O–H groups in total. The largest absolute Gasteiger partial charge is 0.495 e. The van der Waals surface area contributed by atoms with Gasteiger partial charge in [-0.2, -0.15) is 0 Å². The first kappa shape index (κ1) is 22.2. The molecular formula is C22H23FN2O6. The fraction of sp³-hybridized carbons (Fsp3) is 0.364. The van der Waals surface area contributed by atoms with Gasteiger partial charge >= 0.3 is 5.97 Å². The fourth-order valence-corrected chi connectivity index (χ4v) is 3.88. The first-order valence-corrected chi connectivity index (χ1v) is 9.88. The van der Waals surface area contributed by atoms with Gasteiger partial charge in [-0.1, -0.05) is 31.0 Å². The lowest BCUT2D eigenvalue weighted by Gasteiger charge is -2.29. The Morgan fingerprint density at radius 1 is 1.19 bits per heavy atom. The molecule has 1 fully saturated rings. The normalized spacial score (nSPS) is 15.7. The number of carbonyl (C=O) groups excluding carboxylic acids is 2. The number of amides is 1. The zero-order chi connectivity index (χ0) is 22.6. The van der Waals surface area contributed by atoms with E-state index in [1.807, 2.05) is 0 Å². The molecule has 31 heavy (non-hydrogen) atoms. The smallest absolute Gasteiger partial charge is 0.317 e. The Balaban J connectivity index is 1.78. The third-order valence-electron chi connectivity index (χ3n) is 5.54. The van der Waals surface area contributed by atoms with Crippen LogP contribution in [0.1, 0.15) is 38.2 Å². The van der Waals surface area contributed by atoms with Crippen molar-refractivity contribution in [2.24, 2.45) is 0 Å². The van der Waals surface area contributed by atoms with Crippen molar-refractivity contribution in [1.29, 1.82) is 0 Å². The summed E-state index contributed by atoms with van der Waals surface area (Å²) in [6.07, 6.45) is 1.14. The summed E-state index contributed by atoms with van der Waals surface area (Å²) in [6.45, 7) is 1.39. The van der Waals surface area contributed by atoms with E-state index in [0.717, 1.165) is 18.9 Å². The number of esters is 1. The van der Waals surface area contributed by atoms with Crippen LogP contribution in [0.25, 0.3) is 0 Å². The Morgan fingerprint density at radius 3 is 2.48 bits per heavy atom. The summed E-state index contributed by atoms with van der Waals surface area (Å²) in [5.74, 6) is -1.62. The van der Waals surface area contributed by atoms with E-state index in [2.05, 4.69) is 5.32 Å². The minimum Gasteiger partial charge on any atom is -0.495 e. The zero-order valence-electron chi connectivity index (χ0n) is 17.2.